The van der Waals surface area contributed by atoms with Crippen LogP contribution in [0.4, 0.5) is 11.6 Å². The summed E-state index contributed by atoms with van der Waals surface area (Å²) in [6.45, 7) is 1.95. The Bertz CT molecular complexity index is 1130. The van der Waals surface area contributed by atoms with Crippen molar-refractivity contribution < 1.29 is 9.90 Å². The van der Waals surface area contributed by atoms with Crippen LogP contribution in [-0.2, 0) is 11.2 Å². The average molecular weight is 594 g/mol. The van der Waals surface area contributed by atoms with Gasteiger partial charge in [0.15, 0.2) is 5.82 Å². The Kier molecular flexibility index (Phi) is 6.73. The molecule has 2 heterocycles. The molecule has 0 fully saturated rings. The number of hydrogen-bond acceptors (Lipinski definition) is 5. The van der Waals surface area contributed by atoms with E-state index >= 15 is 0 Å². The van der Waals surface area contributed by atoms with Crippen LogP contribution in [0, 0.1) is 3.57 Å². The van der Waals surface area contributed by atoms with Gasteiger partial charge in [0, 0.05) is 32.5 Å². The lowest BCUT2D eigenvalue weighted by Crippen LogP contribution is -2.31. The summed E-state index contributed by atoms with van der Waals surface area (Å²) < 4.78 is 3.81. The van der Waals surface area contributed by atoms with Gasteiger partial charge in [-0.3, -0.25) is 4.79 Å². The van der Waals surface area contributed by atoms with Gasteiger partial charge in [0.2, 0.25) is 5.95 Å². The lowest BCUT2D eigenvalue weighted by molar-refractivity contribution is -0.113. The van der Waals surface area contributed by atoms with E-state index in [4.69, 9.17) is 5.11 Å². The summed E-state index contributed by atoms with van der Waals surface area (Å²) in [5.41, 5.74) is 2.96. The Morgan fingerprint density at radius 1 is 1.23 bits per heavy atom. The van der Waals surface area contributed by atoms with Gasteiger partial charge in [-0.15, -0.1) is 0 Å². The molecule has 1 amide bonds. The molecule has 1 atom stereocenters. The van der Waals surface area contributed by atoms with Crippen molar-refractivity contribution in [3.8, 4) is 0 Å². The van der Waals surface area contributed by atoms with Gasteiger partial charge in [0.05, 0.1) is 5.57 Å². The largest absolute Gasteiger partial charge is 0.396 e. The van der Waals surface area contributed by atoms with Gasteiger partial charge in [-0.05, 0) is 77.9 Å². The first-order valence-corrected chi connectivity index (χ1v) is 11.7. The maximum Gasteiger partial charge on any atom is 0.255 e. The normalized spacial score (nSPS) is 15.4. The highest BCUT2D eigenvalue weighted by molar-refractivity contribution is 14.1. The van der Waals surface area contributed by atoms with Crippen LogP contribution in [0.15, 0.2) is 64.3 Å². The van der Waals surface area contributed by atoms with Gasteiger partial charge in [0.1, 0.15) is 6.04 Å². The third-order valence-corrected chi connectivity index (χ3v) is 6.24. The number of carbonyl (C=O) groups excluding carboxylic acids is 1. The molecule has 9 heteroatoms. The third kappa shape index (κ3) is 4.83. The Labute approximate surface area is 202 Å². The molecule has 0 radical (unpaired) electrons. The predicted octanol–water partition coefficient (Wildman–Crippen LogP) is 4.50. The van der Waals surface area contributed by atoms with Crippen molar-refractivity contribution in [3.05, 3.63) is 79.2 Å². The Morgan fingerprint density at radius 3 is 2.61 bits per heavy atom. The van der Waals surface area contributed by atoms with Crippen molar-refractivity contribution in [1.29, 1.82) is 0 Å². The number of aromatic nitrogens is 3. The zero-order valence-corrected chi connectivity index (χ0v) is 20.5. The van der Waals surface area contributed by atoms with Crippen molar-refractivity contribution in [2.75, 3.05) is 17.2 Å². The number of anilines is 2. The van der Waals surface area contributed by atoms with Gasteiger partial charge in [-0.25, -0.2) is 4.68 Å². The summed E-state index contributed by atoms with van der Waals surface area (Å²) >= 11 is 5.71. The number of rotatable bonds is 6. The van der Waals surface area contributed by atoms with Crippen LogP contribution in [0.2, 0.25) is 0 Å². The van der Waals surface area contributed by atoms with E-state index in [1.807, 2.05) is 55.5 Å². The second kappa shape index (κ2) is 9.49. The number of nitrogens with zero attached hydrogens (tertiary/aromatic N) is 3. The molecule has 31 heavy (non-hydrogen) atoms. The first-order valence-electron chi connectivity index (χ1n) is 9.82. The molecule has 1 unspecified atom stereocenters. The molecule has 0 saturated heterocycles. The molecule has 3 N–H and O–H groups in total. The molecule has 1 aliphatic rings. The fourth-order valence-electron chi connectivity index (χ4n) is 3.52. The molecule has 1 aliphatic heterocycles. The van der Waals surface area contributed by atoms with Crippen molar-refractivity contribution in [2.45, 2.75) is 25.8 Å². The number of benzene rings is 2. The smallest absolute Gasteiger partial charge is 0.255 e. The van der Waals surface area contributed by atoms with Crippen LogP contribution in [0.5, 0.6) is 0 Å². The Morgan fingerprint density at radius 2 is 1.94 bits per heavy atom. The number of aliphatic hydroxyl groups excluding tert-OH is 1. The van der Waals surface area contributed by atoms with E-state index in [9.17, 15) is 4.79 Å². The van der Waals surface area contributed by atoms with Crippen LogP contribution in [0.3, 0.4) is 0 Å². The number of fused-ring (bicyclic) bond motifs is 1. The molecule has 160 valence electrons. The number of carbonyl (C=O) groups is 1. The minimum atomic E-state index is -0.427. The summed E-state index contributed by atoms with van der Waals surface area (Å²) in [6.07, 6.45) is 1.15. The zero-order chi connectivity index (χ0) is 22.0. The summed E-state index contributed by atoms with van der Waals surface area (Å²) in [7, 11) is 0. The van der Waals surface area contributed by atoms with Crippen LogP contribution < -0.4 is 10.6 Å². The monoisotopic (exact) mass is 593 g/mol. The molecule has 0 bridgehead atoms. The first kappa shape index (κ1) is 22.0. The number of halogens is 2. The zero-order valence-electron chi connectivity index (χ0n) is 16.8. The summed E-state index contributed by atoms with van der Waals surface area (Å²) in [5.74, 6) is 1.02. The van der Waals surface area contributed by atoms with Gasteiger partial charge < -0.3 is 15.7 Å². The maximum atomic E-state index is 13.4. The highest BCUT2D eigenvalue weighted by atomic mass is 127. The molecule has 3 aromatic rings. The highest BCUT2D eigenvalue weighted by Gasteiger charge is 2.34. The van der Waals surface area contributed by atoms with E-state index in [0.29, 0.717) is 30.2 Å². The minimum absolute atomic E-state index is 0.0778. The average Bonchev–Trinajstić information content (AvgIpc) is 3.15. The fraction of sp³-hybridized carbons (Fsp3) is 0.227. The lowest BCUT2D eigenvalue weighted by Gasteiger charge is -2.28. The summed E-state index contributed by atoms with van der Waals surface area (Å²) in [4.78, 5) is 18.0. The van der Waals surface area contributed by atoms with Crippen LogP contribution in [0.25, 0.3) is 0 Å². The number of aryl methyl sites for hydroxylation is 1. The summed E-state index contributed by atoms with van der Waals surface area (Å²) in [5, 5.41) is 20.1. The van der Waals surface area contributed by atoms with E-state index in [1.54, 1.807) is 4.68 Å². The highest BCUT2D eigenvalue weighted by Crippen LogP contribution is 2.36. The number of amides is 1. The number of nitrogens with one attached hydrogen (secondary N) is 2. The van der Waals surface area contributed by atoms with Gasteiger partial charge >= 0.3 is 0 Å². The van der Waals surface area contributed by atoms with Crippen molar-refractivity contribution >= 4 is 56.1 Å². The first-order chi connectivity index (χ1) is 15.0. The fourth-order valence-corrected chi connectivity index (χ4v) is 4.14. The molecule has 4 rings (SSSR count). The van der Waals surface area contributed by atoms with E-state index in [1.165, 1.54) is 0 Å². The minimum Gasteiger partial charge on any atom is -0.396 e. The quantitative estimate of drug-likeness (QED) is 0.366. The van der Waals surface area contributed by atoms with Crippen LogP contribution in [-0.4, -0.2) is 32.4 Å². The van der Waals surface area contributed by atoms with Crippen LogP contribution in [0.1, 0.15) is 30.8 Å². The second-order valence-electron chi connectivity index (χ2n) is 7.20. The van der Waals surface area contributed by atoms with Gasteiger partial charge in [0.25, 0.3) is 5.91 Å². The number of hydrogen-bond donors (Lipinski definition) is 3. The van der Waals surface area contributed by atoms with Crippen molar-refractivity contribution in [1.82, 2.24) is 14.8 Å². The standard InChI is InChI=1S/C22H21BrIN5O2/c1-13-19(21(31)26-17-10-8-16(24)9-11-17)20(14-4-6-15(23)7-5-14)29-22(25-13)27-18(28-29)3-2-12-30/h4-11,20,30H,2-3,12H2,1H3,(H,26,31)(H,25,27,28). The molecular formula is C22H21BrIN5O2. The van der Waals surface area contributed by atoms with E-state index in [2.05, 4.69) is 59.2 Å². The molecule has 0 aliphatic carbocycles. The van der Waals surface area contributed by atoms with Gasteiger partial charge in [-0.2, -0.15) is 10.1 Å². The molecular weight excluding hydrogens is 573 g/mol. The van der Waals surface area contributed by atoms with E-state index < -0.39 is 6.04 Å². The third-order valence-electron chi connectivity index (χ3n) is 4.99. The second-order valence-corrected chi connectivity index (χ2v) is 9.36. The maximum absolute atomic E-state index is 13.4. The Balaban J connectivity index is 1.74. The van der Waals surface area contributed by atoms with Gasteiger partial charge in [-0.1, -0.05) is 28.1 Å². The van der Waals surface area contributed by atoms with Crippen LogP contribution >= 0.6 is 38.5 Å². The van der Waals surface area contributed by atoms with Crippen molar-refractivity contribution in [3.63, 3.8) is 0 Å². The summed E-state index contributed by atoms with van der Waals surface area (Å²) in [6, 6.07) is 15.1. The predicted molar refractivity (Wildman–Crippen MR) is 132 cm³/mol. The SMILES string of the molecule is CC1=C(C(=O)Nc2ccc(I)cc2)C(c2ccc(Br)cc2)n2nc(CCCO)nc2N1. The number of allylic oxidation sites excluding steroid dienone is 1. The Hall–Kier alpha value is -2.24. The van der Waals surface area contributed by atoms with E-state index in [-0.39, 0.29) is 12.5 Å². The topological polar surface area (TPSA) is 92.1 Å². The van der Waals surface area contributed by atoms with Crippen molar-refractivity contribution in [2.24, 2.45) is 0 Å². The molecule has 0 spiro atoms. The molecule has 2 aromatic carbocycles. The molecule has 7 nitrogen and oxygen atoms in total. The van der Waals surface area contributed by atoms with E-state index in [0.717, 1.165) is 25.0 Å². The molecule has 0 saturated carbocycles. The lowest BCUT2D eigenvalue weighted by atomic mass is 9.95. The number of aliphatic hydroxyl groups is 1. The molecule has 1 aromatic heterocycles.